The third kappa shape index (κ3) is 17.4. The molecule has 0 aromatic heterocycles. The maximum Gasteiger partial charge on any atom is 0.157 e. The van der Waals surface area contributed by atoms with E-state index < -0.39 is 0 Å². The predicted molar refractivity (Wildman–Crippen MR) is 108 cm³/mol. The Morgan fingerprint density at radius 2 is 0.880 bits per heavy atom. The average molecular weight is 389 g/mol. The summed E-state index contributed by atoms with van der Waals surface area (Å²) in [6, 6.07) is 2.43. The molecule has 0 aromatic carbocycles. The average Bonchev–Trinajstić information content (AvgIpc) is 2.63. The van der Waals surface area contributed by atoms with Crippen molar-refractivity contribution in [3.05, 3.63) is 0 Å². The molecule has 0 unspecified atom stereocenters. The third-order valence-corrected chi connectivity index (χ3v) is 6.68. The number of ether oxygens (including phenoxy) is 4. The molecule has 0 atom stereocenters. The van der Waals surface area contributed by atoms with Gasteiger partial charge in [0.1, 0.15) is 0 Å². The van der Waals surface area contributed by atoms with Crippen molar-refractivity contribution in [2.75, 3.05) is 26.4 Å². The van der Waals surface area contributed by atoms with Crippen LogP contribution in [0.3, 0.4) is 0 Å². The van der Waals surface area contributed by atoms with Gasteiger partial charge in [-0.1, -0.05) is 45.5 Å². The summed E-state index contributed by atoms with van der Waals surface area (Å²) in [5.41, 5.74) is 1.32. The Balaban J connectivity index is 3.69. The maximum atomic E-state index is 5.78. The van der Waals surface area contributed by atoms with Gasteiger partial charge >= 0.3 is 0 Å². The topological polar surface area (TPSA) is 36.9 Å². The SMILES string of the molecule is CCCOC(CC[Si]C[Si]CCC(OCCC)OCCC)OCCC. The standard InChI is InChI=1S/C19H40O4Si2/c1-5-11-20-18(21-12-6-2)9-15-24-17-25-16-10-19(22-13-7-3)23-14-8-4/h18-19H,5-17H2,1-4H3. The van der Waals surface area contributed by atoms with Crippen molar-refractivity contribution < 1.29 is 18.9 Å². The summed E-state index contributed by atoms with van der Waals surface area (Å²) >= 11 is 0. The van der Waals surface area contributed by atoms with Crippen LogP contribution in [-0.2, 0) is 18.9 Å². The van der Waals surface area contributed by atoms with E-state index in [9.17, 15) is 0 Å². The van der Waals surface area contributed by atoms with Gasteiger partial charge in [-0.25, -0.2) is 0 Å². The van der Waals surface area contributed by atoms with Gasteiger partial charge in [0.05, 0.1) is 0 Å². The molecule has 148 valence electrons. The lowest BCUT2D eigenvalue weighted by Gasteiger charge is -2.18. The zero-order chi connectivity index (χ0) is 18.6. The van der Waals surface area contributed by atoms with E-state index >= 15 is 0 Å². The van der Waals surface area contributed by atoms with Gasteiger partial charge in [0.15, 0.2) is 12.6 Å². The van der Waals surface area contributed by atoms with Crippen molar-refractivity contribution in [2.45, 2.75) is 96.6 Å². The van der Waals surface area contributed by atoms with E-state index in [1.807, 2.05) is 0 Å². The smallest absolute Gasteiger partial charge is 0.157 e. The first kappa shape index (κ1) is 25.3. The van der Waals surface area contributed by atoms with Gasteiger partial charge in [-0.05, 0) is 38.5 Å². The lowest BCUT2D eigenvalue weighted by molar-refractivity contribution is -0.143. The second-order valence-electron chi connectivity index (χ2n) is 6.10. The minimum Gasteiger partial charge on any atom is -0.353 e. The van der Waals surface area contributed by atoms with Gasteiger partial charge in [-0.2, -0.15) is 0 Å². The molecule has 25 heavy (non-hydrogen) atoms. The summed E-state index contributed by atoms with van der Waals surface area (Å²) in [6.07, 6.45) is 6.28. The molecule has 4 nitrogen and oxygen atoms in total. The molecule has 0 aliphatic rings. The van der Waals surface area contributed by atoms with Crippen LogP contribution < -0.4 is 0 Å². The Morgan fingerprint density at radius 3 is 1.16 bits per heavy atom. The molecule has 6 heteroatoms. The van der Waals surface area contributed by atoms with Crippen LogP contribution in [0, 0.1) is 0 Å². The molecule has 0 N–H and O–H groups in total. The van der Waals surface area contributed by atoms with Crippen molar-refractivity contribution in [1.82, 2.24) is 0 Å². The van der Waals surface area contributed by atoms with Crippen molar-refractivity contribution >= 4 is 19.0 Å². The second kappa shape index (κ2) is 20.6. The molecule has 0 fully saturated rings. The van der Waals surface area contributed by atoms with E-state index in [4.69, 9.17) is 18.9 Å². The van der Waals surface area contributed by atoms with Crippen LogP contribution in [0.25, 0.3) is 0 Å². The summed E-state index contributed by atoms with van der Waals surface area (Å²) in [7, 11) is 2.02. The van der Waals surface area contributed by atoms with Gasteiger partial charge in [0.2, 0.25) is 0 Å². The Bertz CT molecular complexity index is 218. The van der Waals surface area contributed by atoms with Crippen molar-refractivity contribution in [3.63, 3.8) is 0 Å². The monoisotopic (exact) mass is 388 g/mol. The molecule has 0 amide bonds. The van der Waals surface area contributed by atoms with Gasteiger partial charge < -0.3 is 18.9 Å². The van der Waals surface area contributed by atoms with E-state index in [1.165, 1.54) is 17.8 Å². The van der Waals surface area contributed by atoms with Crippen LogP contribution in [0.4, 0.5) is 0 Å². The first-order valence-corrected chi connectivity index (χ1v) is 13.0. The molecule has 0 saturated heterocycles. The quantitative estimate of drug-likeness (QED) is 0.171. The van der Waals surface area contributed by atoms with Crippen molar-refractivity contribution in [1.29, 1.82) is 0 Å². The summed E-state index contributed by atoms with van der Waals surface area (Å²) in [6.45, 7) is 11.8. The summed E-state index contributed by atoms with van der Waals surface area (Å²) < 4.78 is 23.1. The number of hydrogen-bond acceptors (Lipinski definition) is 4. The van der Waals surface area contributed by atoms with E-state index in [-0.39, 0.29) is 12.6 Å². The Morgan fingerprint density at radius 1 is 0.560 bits per heavy atom. The van der Waals surface area contributed by atoms with Crippen LogP contribution in [0.5, 0.6) is 0 Å². The van der Waals surface area contributed by atoms with Crippen LogP contribution in [0.15, 0.2) is 0 Å². The molecule has 0 saturated carbocycles. The molecular formula is C19H40O4Si2. The second-order valence-corrected chi connectivity index (χ2v) is 9.51. The first-order chi connectivity index (χ1) is 12.3. The third-order valence-electron chi connectivity index (χ3n) is 3.40. The van der Waals surface area contributed by atoms with Gasteiger partial charge in [-0.3, -0.25) is 0 Å². The van der Waals surface area contributed by atoms with Crippen LogP contribution in [0.2, 0.25) is 17.8 Å². The highest BCUT2D eigenvalue weighted by atomic mass is 28.3. The molecule has 0 bridgehead atoms. The minimum atomic E-state index is 0.00463. The van der Waals surface area contributed by atoms with E-state index in [0.29, 0.717) is 0 Å². The van der Waals surface area contributed by atoms with Gasteiger partial charge in [0.25, 0.3) is 0 Å². The highest BCUT2D eigenvalue weighted by Crippen LogP contribution is 2.09. The molecule has 0 rings (SSSR count). The molecule has 0 aromatic rings. The Labute approximate surface area is 161 Å². The summed E-state index contributed by atoms with van der Waals surface area (Å²) in [4.78, 5) is 0. The molecule has 4 radical (unpaired) electrons. The summed E-state index contributed by atoms with van der Waals surface area (Å²) in [5.74, 6) is 0. The fourth-order valence-electron chi connectivity index (χ4n) is 2.13. The van der Waals surface area contributed by atoms with Crippen molar-refractivity contribution in [2.24, 2.45) is 0 Å². The van der Waals surface area contributed by atoms with Crippen molar-refractivity contribution in [3.8, 4) is 0 Å². The lowest BCUT2D eigenvalue weighted by Crippen LogP contribution is -2.20. The highest BCUT2D eigenvalue weighted by Gasteiger charge is 2.10. The molecule has 0 spiro atoms. The predicted octanol–water partition coefficient (Wildman–Crippen LogP) is 4.75. The number of rotatable bonds is 20. The van der Waals surface area contributed by atoms with E-state index in [1.54, 1.807) is 0 Å². The normalized spacial score (nSPS) is 11.8. The van der Waals surface area contributed by atoms with Gasteiger partial charge in [0, 0.05) is 45.5 Å². The van der Waals surface area contributed by atoms with E-state index in [2.05, 4.69) is 27.7 Å². The maximum absolute atomic E-state index is 5.78. The zero-order valence-electron chi connectivity index (χ0n) is 17.0. The fraction of sp³-hybridized carbons (Fsp3) is 1.00. The fourth-order valence-corrected chi connectivity index (χ4v) is 5.13. The molecule has 0 aliphatic carbocycles. The Hall–Kier alpha value is 0.274. The van der Waals surface area contributed by atoms with Crippen LogP contribution in [0.1, 0.15) is 66.2 Å². The zero-order valence-corrected chi connectivity index (χ0v) is 19.0. The summed E-state index contributed by atoms with van der Waals surface area (Å²) in [5, 5.41) is 0. The Kier molecular flexibility index (Phi) is 20.8. The molecule has 0 aliphatic heterocycles. The van der Waals surface area contributed by atoms with Gasteiger partial charge in [-0.15, -0.1) is 0 Å². The molecule has 0 heterocycles. The van der Waals surface area contributed by atoms with E-state index in [0.717, 1.165) is 84.0 Å². The lowest BCUT2D eigenvalue weighted by atomic mass is 10.4. The van der Waals surface area contributed by atoms with Crippen LogP contribution >= 0.6 is 0 Å². The molecular weight excluding hydrogens is 348 g/mol. The minimum absolute atomic E-state index is 0.00463. The highest BCUT2D eigenvalue weighted by molar-refractivity contribution is 6.55. The van der Waals surface area contributed by atoms with Crippen LogP contribution in [-0.4, -0.2) is 58.0 Å². The number of hydrogen-bond donors (Lipinski definition) is 0. The first-order valence-electron chi connectivity index (χ1n) is 10.2. The largest absolute Gasteiger partial charge is 0.353 e.